The lowest BCUT2D eigenvalue weighted by molar-refractivity contribution is 0.0706. The Morgan fingerprint density at radius 2 is 1.80 bits per heavy atom. The van der Waals surface area contributed by atoms with Gasteiger partial charge in [0.25, 0.3) is 5.91 Å². The first-order valence-corrected chi connectivity index (χ1v) is 8.05. The van der Waals surface area contributed by atoms with Crippen LogP contribution in [0.5, 0.6) is 5.75 Å². The van der Waals surface area contributed by atoms with Crippen molar-refractivity contribution in [2.45, 2.75) is 6.04 Å². The highest BCUT2D eigenvalue weighted by molar-refractivity contribution is 6.00. The molecule has 2 heterocycles. The molecule has 0 unspecified atom stereocenters. The first kappa shape index (κ1) is 15.4. The number of aliphatic hydroxyl groups is 1. The van der Waals surface area contributed by atoms with E-state index in [0.717, 1.165) is 11.1 Å². The van der Waals surface area contributed by atoms with Crippen molar-refractivity contribution in [2.75, 3.05) is 13.2 Å². The zero-order valence-corrected chi connectivity index (χ0v) is 13.4. The Hall–Kier alpha value is -3.12. The standard InChI is InChI=1S/C19H17N3O3/c23-11-10-22-18(12-6-2-1-3-7-12)15-16(20-21-17(15)19(22)25)13-8-4-5-9-14(13)24/h1-9,18,23-24H,10-11H2,(H,20,21)/t18-/m1/s1. The number of carbonyl (C=O) groups excluding carboxylic acids is 1. The van der Waals surface area contributed by atoms with Crippen LogP contribution in [0.2, 0.25) is 0 Å². The van der Waals surface area contributed by atoms with Gasteiger partial charge in [-0.3, -0.25) is 9.89 Å². The zero-order chi connectivity index (χ0) is 17.4. The van der Waals surface area contributed by atoms with Gasteiger partial charge >= 0.3 is 0 Å². The summed E-state index contributed by atoms with van der Waals surface area (Å²) >= 11 is 0. The van der Waals surface area contributed by atoms with Gasteiger partial charge in [-0.25, -0.2) is 0 Å². The third-order valence-electron chi connectivity index (χ3n) is 4.48. The number of benzene rings is 2. The van der Waals surface area contributed by atoms with Crippen LogP contribution in [-0.4, -0.2) is 44.4 Å². The number of nitrogens with zero attached hydrogens (tertiary/aromatic N) is 2. The molecule has 1 amide bonds. The Labute approximate surface area is 144 Å². The van der Waals surface area contributed by atoms with Crippen molar-refractivity contribution in [1.82, 2.24) is 15.1 Å². The number of nitrogens with one attached hydrogen (secondary N) is 1. The van der Waals surface area contributed by atoms with E-state index in [-0.39, 0.29) is 30.9 Å². The Morgan fingerprint density at radius 3 is 2.52 bits per heavy atom. The number of carbonyl (C=O) groups is 1. The zero-order valence-electron chi connectivity index (χ0n) is 13.4. The monoisotopic (exact) mass is 335 g/mol. The fraction of sp³-hybridized carbons (Fsp3) is 0.158. The number of aliphatic hydroxyl groups excluding tert-OH is 1. The highest BCUT2D eigenvalue weighted by Gasteiger charge is 2.42. The molecule has 0 saturated carbocycles. The quantitative estimate of drug-likeness (QED) is 0.682. The Balaban J connectivity index is 1.92. The van der Waals surface area contributed by atoms with Crippen LogP contribution in [0, 0.1) is 0 Å². The molecule has 2 aromatic carbocycles. The molecular formula is C19H17N3O3. The van der Waals surface area contributed by atoms with E-state index in [1.54, 1.807) is 23.1 Å². The summed E-state index contributed by atoms with van der Waals surface area (Å²) in [7, 11) is 0. The highest BCUT2D eigenvalue weighted by Crippen LogP contribution is 2.43. The number of aromatic hydroxyl groups is 1. The molecule has 0 radical (unpaired) electrons. The highest BCUT2D eigenvalue weighted by atomic mass is 16.3. The van der Waals surface area contributed by atoms with Gasteiger partial charge in [0.05, 0.1) is 12.6 Å². The summed E-state index contributed by atoms with van der Waals surface area (Å²) in [5, 5.41) is 26.7. The van der Waals surface area contributed by atoms with Crippen LogP contribution in [0.15, 0.2) is 54.6 Å². The molecule has 6 heteroatoms. The summed E-state index contributed by atoms with van der Waals surface area (Å²) in [6.07, 6.45) is 0. The summed E-state index contributed by atoms with van der Waals surface area (Å²) < 4.78 is 0. The number of fused-ring (bicyclic) bond motifs is 1. The molecule has 1 atom stereocenters. The van der Waals surface area contributed by atoms with Crippen molar-refractivity contribution < 1.29 is 15.0 Å². The van der Waals surface area contributed by atoms with E-state index in [0.29, 0.717) is 17.0 Å². The van der Waals surface area contributed by atoms with Crippen molar-refractivity contribution in [2.24, 2.45) is 0 Å². The first-order valence-electron chi connectivity index (χ1n) is 8.05. The number of rotatable bonds is 4. The second kappa shape index (κ2) is 6.07. The molecule has 6 nitrogen and oxygen atoms in total. The minimum Gasteiger partial charge on any atom is -0.507 e. The average molecular weight is 335 g/mol. The molecule has 0 bridgehead atoms. The predicted octanol–water partition coefficient (Wildman–Crippen LogP) is 2.32. The maximum absolute atomic E-state index is 12.8. The minimum atomic E-state index is -0.357. The lowest BCUT2D eigenvalue weighted by Crippen LogP contribution is -2.32. The number of phenols is 1. The number of amides is 1. The number of aromatic amines is 1. The number of aromatic nitrogens is 2. The fourth-order valence-electron chi connectivity index (χ4n) is 3.40. The van der Waals surface area contributed by atoms with Crippen molar-refractivity contribution in [3.63, 3.8) is 0 Å². The third kappa shape index (κ3) is 2.38. The molecule has 0 saturated heterocycles. The van der Waals surface area contributed by atoms with Gasteiger partial charge in [0.1, 0.15) is 17.1 Å². The number of para-hydroxylation sites is 1. The van der Waals surface area contributed by atoms with E-state index < -0.39 is 0 Å². The lowest BCUT2D eigenvalue weighted by atomic mass is 9.96. The Kier molecular flexibility index (Phi) is 3.74. The van der Waals surface area contributed by atoms with Crippen LogP contribution in [0.4, 0.5) is 0 Å². The smallest absolute Gasteiger partial charge is 0.273 e. The van der Waals surface area contributed by atoms with E-state index in [2.05, 4.69) is 10.2 Å². The second-order valence-electron chi connectivity index (χ2n) is 5.91. The minimum absolute atomic E-state index is 0.108. The number of hydrogen-bond donors (Lipinski definition) is 3. The van der Waals surface area contributed by atoms with Gasteiger partial charge < -0.3 is 15.1 Å². The molecule has 3 aromatic rings. The van der Waals surface area contributed by atoms with E-state index in [1.165, 1.54) is 0 Å². The van der Waals surface area contributed by atoms with E-state index >= 15 is 0 Å². The van der Waals surface area contributed by atoms with Gasteiger partial charge in [-0.1, -0.05) is 42.5 Å². The predicted molar refractivity (Wildman–Crippen MR) is 92.1 cm³/mol. The molecule has 126 valence electrons. The van der Waals surface area contributed by atoms with Crippen LogP contribution in [0.3, 0.4) is 0 Å². The van der Waals surface area contributed by atoms with Gasteiger partial charge in [0.2, 0.25) is 0 Å². The number of H-pyrrole nitrogens is 1. The normalized spacial score (nSPS) is 16.3. The molecule has 3 N–H and O–H groups in total. The number of phenolic OH excluding ortho intramolecular Hbond substituents is 1. The van der Waals surface area contributed by atoms with Gasteiger partial charge in [-0.2, -0.15) is 5.10 Å². The third-order valence-corrected chi connectivity index (χ3v) is 4.48. The summed E-state index contributed by atoms with van der Waals surface area (Å²) in [5.41, 5.74) is 3.18. The number of β-amino-alcohol motifs (C(OH)–C–C–N with tert-alkyl or cyclic N) is 1. The number of hydrogen-bond acceptors (Lipinski definition) is 4. The van der Waals surface area contributed by atoms with Gasteiger partial charge in [-0.15, -0.1) is 0 Å². The van der Waals surface area contributed by atoms with Gasteiger partial charge in [0.15, 0.2) is 0 Å². The van der Waals surface area contributed by atoms with Gasteiger partial charge in [-0.05, 0) is 17.7 Å². The molecule has 4 rings (SSSR count). The van der Waals surface area contributed by atoms with Crippen molar-refractivity contribution in [3.8, 4) is 17.0 Å². The van der Waals surface area contributed by atoms with Crippen molar-refractivity contribution in [3.05, 3.63) is 71.4 Å². The Bertz CT molecular complexity index is 921. The molecule has 0 aliphatic carbocycles. The van der Waals surface area contributed by atoms with E-state index in [9.17, 15) is 15.0 Å². The maximum atomic E-state index is 12.8. The van der Waals surface area contributed by atoms with Gasteiger partial charge in [0, 0.05) is 17.7 Å². The molecule has 0 spiro atoms. The Morgan fingerprint density at radius 1 is 1.08 bits per heavy atom. The van der Waals surface area contributed by atoms with Crippen LogP contribution in [0.1, 0.15) is 27.7 Å². The van der Waals surface area contributed by atoms with Crippen molar-refractivity contribution >= 4 is 5.91 Å². The molecule has 1 aromatic heterocycles. The van der Waals surface area contributed by atoms with Crippen LogP contribution >= 0.6 is 0 Å². The average Bonchev–Trinajstić information content (AvgIpc) is 3.17. The maximum Gasteiger partial charge on any atom is 0.273 e. The second-order valence-corrected chi connectivity index (χ2v) is 5.91. The van der Waals surface area contributed by atoms with E-state index in [4.69, 9.17) is 0 Å². The SMILES string of the molecule is O=C1c2[nH]nc(-c3ccccc3O)c2[C@@H](c2ccccc2)N1CCO. The summed E-state index contributed by atoms with van der Waals surface area (Å²) in [5.74, 6) is -0.0938. The van der Waals surface area contributed by atoms with E-state index in [1.807, 2.05) is 36.4 Å². The summed E-state index contributed by atoms with van der Waals surface area (Å²) in [6.45, 7) is 0.0970. The molecular weight excluding hydrogens is 318 g/mol. The van der Waals surface area contributed by atoms with Crippen LogP contribution < -0.4 is 0 Å². The largest absolute Gasteiger partial charge is 0.507 e. The molecule has 1 aliphatic heterocycles. The molecule has 25 heavy (non-hydrogen) atoms. The van der Waals surface area contributed by atoms with Crippen LogP contribution in [0.25, 0.3) is 11.3 Å². The first-order chi connectivity index (χ1) is 12.2. The topological polar surface area (TPSA) is 89.5 Å². The fourth-order valence-corrected chi connectivity index (χ4v) is 3.40. The van der Waals surface area contributed by atoms with Crippen LogP contribution in [-0.2, 0) is 0 Å². The summed E-state index contributed by atoms with van der Waals surface area (Å²) in [6, 6.07) is 16.2. The van der Waals surface area contributed by atoms with Crippen molar-refractivity contribution in [1.29, 1.82) is 0 Å². The lowest BCUT2D eigenvalue weighted by Gasteiger charge is -2.25. The molecule has 1 aliphatic rings. The molecule has 0 fully saturated rings. The summed E-state index contributed by atoms with van der Waals surface area (Å²) in [4.78, 5) is 14.4.